The summed E-state index contributed by atoms with van der Waals surface area (Å²) in [6, 6.07) is 1.95. The second-order valence-corrected chi connectivity index (χ2v) is 7.56. The van der Waals surface area contributed by atoms with Gasteiger partial charge in [-0.25, -0.2) is 14.6 Å². The zero-order chi connectivity index (χ0) is 19.2. The summed E-state index contributed by atoms with van der Waals surface area (Å²) in [6.07, 6.45) is 4.56. The summed E-state index contributed by atoms with van der Waals surface area (Å²) in [7, 11) is 0. The lowest BCUT2D eigenvalue weighted by atomic mass is 9.99. The van der Waals surface area contributed by atoms with E-state index >= 15 is 0 Å². The average Bonchev–Trinajstić information content (AvgIpc) is 3.31. The van der Waals surface area contributed by atoms with Gasteiger partial charge in [0.1, 0.15) is 0 Å². The first-order chi connectivity index (χ1) is 12.9. The highest BCUT2D eigenvalue weighted by atomic mass is 35.5. The average molecular weight is 404 g/mol. The van der Waals surface area contributed by atoms with E-state index in [-0.39, 0.29) is 12.4 Å². The Morgan fingerprint density at radius 2 is 1.71 bits per heavy atom. The van der Waals surface area contributed by atoms with Crippen LogP contribution in [0.5, 0.6) is 0 Å². The normalized spacial score (nSPS) is 15.6. The molecule has 0 aromatic carbocycles. The zero-order valence-corrected chi connectivity index (χ0v) is 17.5. The molecule has 0 spiro atoms. The van der Waals surface area contributed by atoms with Gasteiger partial charge < -0.3 is 10.3 Å². The molecule has 3 heterocycles. The van der Waals surface area contributed by atoms with Crippen LogP contribution in [0, 0.1) is 27.7 Å². The van der Waals surface area contributed by atoms with Gasteiger partial charge in [-0.05, 0) is 46.6 Å². The first kappa shape index (κ1) is 20.4. The number of hydrogen-bond acceptors (Lipinski definition) is 7. The number of nitrogens with zero attached hydrogens (tertiary/aromatic N) is 6. The van der Waals surface area contributed by atoms with Gasteiger partial charge in [-0.2, -0.15) is 10.1 Å². The van der Waals surface area contributed by atoms with E-state index in [1.165, 1.54) is 0 Å². The van der Waals surface area contributed by atoms with E-state index in [9.17, 15) is 0 Å². The van der Waals surface area contributed by atoms with Crippen LogP contribution in [0.3, 0.4) is 0 Å². The minimum absolute atomic E-state index is 0. The second kappa shape index (κ2) is 7.60. The lowest BCUT2D eigenvalue weighted by Crippen LogP contribution is -2.34. The van der Waals surface area contributed by atoms with Crippen LogP contribution in [0.1, 0.15) is 65.7 Å². The molecule has 1 aliphatic rings. The van der Waals surface area contributed by atoms with E-state index in [0.29, 0.717) is 24.1 Å². The van der Waals surface area contributed by atoms with Crippen LogP contribution in [0.25, 0.3) is 5.95 Å². The van der Waals surface area contributed by atoms with E-state index in [1.54, 1.807) is 4.68 Å². The monoisotopic (exact) mass is 403 g/mol. The van der Waals surface area contributed by atoms with Gasteiger partial charge in [-0.15, -0.1) is 12.4 Å². The predicted molar refractivity (Wildman–Crippen MR) is 107 cm³/mol. The van der Waals surface area contributed by atoms with Crippen molar-refractivity contribution in [1.29, 1.82) is 0 Å². The Morgan fingerprint density at radius 1 is 1.07 bits per heavy atom. The Kier molecular flexibility index (Phi) is 5.54. The third-order valence-corrected chi connectivity index (χ3v) is 5.34. The molecule has 1 aliphatic carbocycles. The first-order valence-electron chi connectivity index (χ1n) is 9.35. The summed E-state index contributed by atoms with van der Waals surface area (Å²) in [5.74, 6) is 1.77. The second-order valence-electron chi connectivity index (χ2n) is 7.56. The highest BCUT2D eigenvalue weighted by Crippen LogP contribution is 2.34. The molecule has 28 heavy (non-hydrogen) atoms. The van der Waals surface area contributed by atoms with E-state index in [1.807, 2.05) is 33.8 Å². The molecule has 3 aromatic rings. The molecule has 0 saturated heterocycles. The Balaban J connectivity index is 0.00000225. The molecule has 0 atom stereocenters. The van der Waals surface area contributed by atoms with Crippen molar-refractivity contribution in [3.05, 3.63) is 46.1 Å². The molecule has 2 N–H and O–H groups in total. The largest absolute Gasteiger partial charge is 0.339 e. The smallest absolute Gasteiger partial charge is 0.251 e. The van der Waals surface area contributed by atoms with Crippen molar-refractivity contribution in [3.63, 3.8) is 0 Å². The molecule has 150 valence electrons. The summed E-state index contributed by atoms with van der Waals surface area (Å²) in [4.78, 5) is 13.6. The quantitative estimate of drug-likeness (QED) is 0.712. The van der Waals surface area contributed by atoms with E-state index in [4.69, 9.17) is 10.3 Å². The molecule has 1 saturated carbocycles. The van der Waals surface area contributed by atoms with Crippen molar-refractivity contribution in [1.82, 2.24) is 29.9 Å². The standard InChI is InChI=1S/C19H25N7O.ClH/c1-11-9-12(2)22-18(21-11)26-14(4)15(13(3)24-26)10-16-23-17(25-27-16)19(20)7-5-6-8-19;/h9H,5-8,10,20H2,1-4H3;1H. The van der Waals surface area contributed by atoms with Crippen LogP contribution in [0.4, 0.5) is 0 Å². The van der Waals surface area contributed by atoms with Crippen LogP contribution in [0.2, 0.25) is 0 Å². The van der Waals surface area contributed by atoms with Gasteiger partial charge >= 0.3 is 0 Å². The molecule has 1 fully saturated rings. The van der Waals surface area contributed by atoms with Crippen LogP contribution >= 0.6 is 12.4 Å². The third kappa shape index (κ3) is 3.66. The van der Waals surface area contributed by atoms with Crippen LogP contribution < -0.4 is 5.73 Å². The van der Waals surface area contributed by atoms with E-state index in [0.717, 1.165) is 54.0 Å². The van der Waals surface area contributed by atoms with E-state index < -0.39 is 5.54 Å². The van der Waals surface area contributed by atoms with Gasteiger partial charge in [0.15, 0.2) is 5.82 Å². The summed E-state index contributed by atoms with van der Waals surface area (Å²) >= 11 is 0. The van der Waals surface area contributed by atoms with Gasteiger partial charge in [0, 0.05) is 22.6 Å². The van der Waals surface area contributed by atoms with Crippen LogP contribution in [-0.4, -0.2) is 29.9 Å². The lowest BCUT2D eigenvalue weighted by molar-refractivity contribution is 0.352. The maximum atomic E-state index is 6.44. The maximum Gasteiger partial charge on any atom is 0.251 e. The molecule has 8 nitrogen and oxygen atoms in total. The Morgan fingerprint density at radius 3 is 2.36 bits per heavy atom. The van der Waals surface area contributed by atoms with Crippen molar-refractivity contribution in [2.75, 3.05) is 0 Å². The number of rotatable bonds is 4. The molecule has 0 aliphatic heterocycles. The minimum atomic E-state index is -0.442. The molecule has 0 unspecified atom stereocenters. The fraction of sp³-hybridized carbons (Fsp3) is 0.526. The van der Waals surface area contributed by atoms with Gasteiger partial charge in [-0.3, -0.25) is 0 Å². The molecule has 0 radical (unpaired) electrons. The molecule has 3 aromatic heterocycles. The number of aryl methyl sites for hydroxylation is 3. The molecular weight excluding hydrogens is 378 g/mol. The van der Waals surface area contributed by atoms with Crippen molar-refractivity contribution < 1.29 is 4.52 Å². The first-order valence-corrected chi connectivity index (χ1v) is 9.35. The number of nitrogens with two attached hydrogens (primary N) is 1. The molecule has 9 heteroatoms. The highest BCUT2D eigenvalue weighted by Gasteiger charge is 2.36. The zero-order valence-electron chi connectivity index (χ0n) is 16.7. The molecule has 0 bridgehead atoms. The van der Waals surface area contributed by atoms with Crippen LogP contribution in [0.15, 0.2) is 10.6 Å². The van der Waals surface area contributed by atoms with Crippen LogP contribution in [-0.2, 0) is 12.0 Å². The Bertz CT molecular complexity index is 968. The van der Waals surface area contributed by atoms with Gasteiger partial charge in [0.2, 0.25) is 5.89 Å². The molecule has 4 rings (SSSR count). The highest BCUT2D eigenvalue weighted by molar-refractivity contribution is 5.85. The summed E-state index contributed by atoms with van der Waals surface area (Å²) in [6.45, 7) is 7.89. The number of aromatic nitrogens is 6. The third-order valence-electron chi connectivity index (χ3n) is 5.34. The Labute approximate surface area is 170 Å². The fourth-order valence-corrected chi connectivity index (χ4v) is 3.84. The summed E-state index contributed by atoms with van der Waals surface area (Å²) < 4.78 is 7.28. The van der Waals surface area contributed by atoms with E-state index in [2.05, 4.69) is 25.2 Å². The van der Waals surface area contributed by atoms with Crippen molar-refractivity contribution in [3.8, 4) is 5.95 Å². The number of halogens is 1. The molecule has 0 amide bonds. The minimum Gasteiger partial charge on any atom is -0.339 e. The number of hydrogen-bond donors (Lipinski definition) is 1. The summed E-state index contributed by atoms with van der Waals surface area (Å²) in [5, 5.41) is 8.78. The SMILES string of the molecule is Cc1cc(C)nc(-n2nc(C)c(Cc3nc(C4(N)CCCC4)no3)c2C)n1.Cl. The topological polar surface area (TPSA) is 109 Å². The van der Waals surface area contributed by atoms with Gasteiger partial charge in [-0.1, -0.05) is 18.0 Å². The van der Waals surface area contributed by atoms with Gasteiger partial charge in [0.05, 0.1) is 17.7 Å². The van der Waals surface area contributed by atoms with Gasteiger partial charge in [0.25, 0.3) is 5.95 Å². The van der Waals surface area contributed by atoms with Crippen molar-refractivity contribution in [2.45, 2.75) is 65.3 Å². The fourth-order valence-electron chi connectivity index (χ4n) is 3.84. The summed E-state index contributed by atoms with van der Waals surface area (Å²) in [5.41, 5.74) is 10.7. The predicted octanol–water partition coefficient (Wildman–Crippen LogP) is 3.02. The maximum absolute atomic E-state index is 6.44. The Hall–Kier alpha value is -2.32. The van der Waals surface area contributed by atoms with Crippen molar-refractivity contribution >= 4 is 12.4 Å². The van der Waals surface area contributed by atoms with Crippen molar-refractivity contribution in [2.24, 2.45) is 5.73 Å². The lowest BCUT2D eigenvalue weighted by Gasteiger charge is -2.17. The molecular formula is C19H26ClN7O.